The Kier molecular flexibility index (Phi) is 5.73. The number of carbonyl (C=O) groups is 2. The van der Waals surface area contributed by atoms with E-state index in [4.69, 9.17) is 4.74 Å². The van der Waals surface area contributed by atoms with E-state index in [1.807, 2.05) is 57.2 Å². The van der Waals surface area contributed by atoms with E-state index >= 15 is 0 Å². The molecule has 148 valence electrons. The van der Waals surface area contributed by atoms with Gasteiger partial charge < -0.3 is 15.2 Å². The summed E-state index contributed by atoms with van der Waals surface area (Å²) in [5.74, 6) is -1.09. The van der Waals surface area contributed by atoms with Gasteiger partial charge in [-0.05, 0) is 34.1 Å². The molecule has 0 saturated carbocycles. The van der Waals surface area contributed by atoms with E-state index in [2.05, 4.69) is 17.4 Å². The third-order valence-electron chi connectivity index (χ3n) is 5.65. The van der Waals surface area contributed by atoms with Gasteiger partial charge in [-0.1, -0.05) is 75.7 Å². The molecule has 1 amide bonds. The zero-order valence-corrected chi connectivity index (χ0v) is 16.6. The predicted molar refractivity (Wildman–Crippen MR) is 108 cm³/mol. The molecule has 1 aliphatic rings. The lowest BCUT2D eigenvalue weighted by atomic mass is 9.83. The number of fused-ring (bicyclic) bond motifs is 3. The summed E-state index contributed by atoms with van der Waals surface area (Å²) in [5, 5.41) is 12.0. The minimum absolute atomic E-state index is 0.0477. The van der Waals surface area contributed by atoms with E-state index in [-0.39, 0.29) is 17.9 Å². The van der Waals surface area contributed by atoms with E-state index in [1.54, 1.807) is 0 Å². The maximum absolute atomic E-state index is 12.3. The number of amides is 1. The van der Waals surface area contributed by atoms with E-state index in [9.17, 15) is 14.7 Å². The first-order valence-corrected chi connectivity index (χ1v) is 9.66. The summed E-state index contributed by atoms with van der Waals surface area (Å²) in [6.07, 6.45) is 0.479. The largest absolute Gasteiger partial charge is 0.480 e. The number of aliphatic carboxylic acids is 1. The van der Waals surface area contributed by atoms with Crippen molar-refractivity contribution in [3.05, 3.63) is 59.7 Å². The number of nitrogens with one attached hydrogen (secondary N) is 1. The third-order valence-corrected chi connectivity index (χ3v) is 5.65. The van der Waals surface area contributed by atoms with Crippen LogP contribution in [0, 0.1) is 5.41 Å². The second kappa shape index (κ2) is 8.05. The van der Waals surface area contributed by atoms with Gasteiger partial charge in [-0.3, -0.25) is 0 Å². The Balaban J connectivity index is 1.68. The lowest BCUT2D eigenvalue weighted by molar-refractivity contribution is -0.140. The van der Waals surface area contributed by atoms with Crippen LogP contribution in [0.2, 0.25) is 0 Å². The van der Waals surface area contributed by atoms with Gasteiger partial charge in [-0.15, -0.1) is 0 Å². The zero-order chi connectivity index (χ0) is 20.3. The quantitative estimate of drug-likeness (QED) is 0.722. The van der Waals surface area contributed by atoms with Crippen LogP contribution in [0.15, 0.2) is 48.5 Å². The number of alkyl carbamates (subject to hydrolysis) is 1. The standard InChI is InChI=1S/C23H27NO4/c1-4-23(2,3)13-20(21(25)26)24-22(27)28-14-19-17-11-7-5-9-15(17)16-10-6-8-12-18(16)19/h5-12,19-20H,4,13-14H2,1-3H3,(H,24,27)(H,25,26)/t20-/m0/s1. The Bertz CT molecular complexity index is 829. The average Bonchev–Trinajstić information content (AvgIpc) is 2.99. The van der Waals surface area contributed by atoms with Gasteiger partial charge in [0.2, 0.25) is 0 Å². The third kappa shape index (κ3) is 4.19. The van der Waals surface area contributed by atoms with E-state index in [0.29, 0.717) is 6.42 Å². The SMILES string of the molecule is CCC(C)(C)C[C@H](NC(=O)OCC1c2ccccc2-c2ccccc21)C(=O)O. The summed E-state index contributed by atoms with van der Waals surface area (Å²) in [4.78, 5) is 23.9. The number of hydrogen-bond donors (Lipinski definition) is 2. The van der Waals surface area contributed by atoms with Crippen molar-refractivity contribution in [3.63, 3.8) is 0 Å². The van der Waals surface area contributed by atoms with Gasteiger partial charge in [0, 0.05) is 5.92 Å². The Hall–Kier alpha value is -2.82. The molecule has 1 aliphatic carbocycles. The summed E-state index contributed by atoms with van der Waals surface area (Å²) in [6, 6.07) is 15.2. The molecule has 0 aliphatic heterocycles. The molecule has 5 nitrogen and oxygen atoms in total. The van der Waals surface area contributed by atoms with Crippen LogP contribution in [-0.2, 0) is 9.53 Å². The first kappa shape index (κ1) is 19.9. The molecule has 2 N–H and O–H groups in total. The molecule has 2 aromatic rings. The first-order chi connectivity index (χ1) is 13.3. The smallest absolute Gasteiger partial charge is 0.407 e. The maximum Gasteiger partial charge on any atom is 0.407 e. The van der Waals surface area contributed by atoms with Gasteiger partial charge in [0.15, 0.2) is 0 Å². The van der Waals surface area contributed by atoms with Crippen LogP contribution in [0.25, 0.3) is 11.1 Å². The number of carboxylic acids is 1. The second-order valence-electron chi connectivity index (χ2n) is 8.08. The molecule has 0 fully saturated rings. The molecule has 28 heavy (non-hydrogen) atoms. The number of carboxylic acid groups (broad SMARTS) is 1. The highest BCUT2D eigenvalue weighted by Gasteiger charge is 2.31. The fraction of sp³-hybridized carbons (Fsp3) is 0.391. The lowest BCUT2D eigenvalue weighted by Crippen LogP contribution is -2.44. The molecule has 0 unspecified atom stereocenters. The van der Waals surface area contributed by atoms with Gasteiger partial charge in [0.05, 0.1) is 0 Å². The van der Waals surface area contributed by atoms with Gasteiger partial charge in [0.25, 0.3) is 0 Å². The molecule has 0 spiro atoms. The summed E-state index contributed by atoms with van der Waals surface area (Å²) in [6.45, 7) is 6.15. The summed E-state index contributed by atoms with van der Waals surface area (Å²) < 4.78 is 5.46. The molecule has 1 atom stereocenters. The fourth-order valence-electron chi connectivity index (χ4n) is 3.68. The number of benzene rings is 2. The van der Waals surface area contributed by atoms with Crippen molar-refractivity contribution >= 4 is 12.1 Å². The van der Waals surface area contributed by atoms with Crippen molar-refractivity contribution in [2.75, 3.05) is 6.61 Å². The van der Waals surface area contributed by atoms with Crippen LogP contribution in [0.4, 0.5) is 4.79 Å². The van der Waals surface area contributed by atoms with Gasteiger partial charge in [-0.25, -0.2) is 9.59 Å². The minimum atomic E-state index is -1.05. The minimum Gasteiger partial charge on any atom is -0.480 e. The number of hydrogen-bond acceptors (Lipinski definition) is 3. The molecule has 0 heterocycles. The molecular weight excluding hydrogens is 354 g/mol. The highest BCUT2D eigenvalue weighted by Crippen LogP contribution is 2.44. The zero-order valence-electron chi connectivity index (χ0n) is 16.6. The number of rotatable bonds is 7. The van der Waals surface area contributed by atoms with Crippen LogP contribution in [0.1, 0.15) is 50.7 Å². The molecule has 2 aromatic carbocycles. The molecule has 0 aromatic heterocycles. The summed E-state index contributed by atoms with van der Waals surface area (Å²) >= 11 is 0. The molecule has 0 radical (unpaired) electrons. The lowest BCUT2D eigenvalue weighted by Gasteiger charge is -2.26. The van der Waals surface area contributed by atoms with Gasteiger partial charge >= 0.3 is 12.1 Å². The highest BCUT2D eigenvalue weighted by atomic mass is 16.5. The summed E-state index contributed by atoms with van der Waals surface area (Å²) in [7, 11) is 0. The van der Waals surface area contributed by atoms with E-state index in [0.717, 1.165) is 28.7 Å². The van der Waals surface area contributed by atoms with Crippen molar-refractivity contribution in [1.82, 2.24) is 5.32 Å². The Morgan fingerprint density at radius 2 is 1.61 bits per heavy atom. The van der Waals surface area contributed by atoms with Gasteiger partial charge in [-0.2, -0.15) is 0 Å². The maximum atomic E-state index is 12.3. The van der Waals surface area contributed by atoms with Crippen molar-refractivity contribution in [2.45, 2.75) is 45.6 Å². The van der Waals surface area contributed by atoms with Crippen molar-refractivity contribution < 1.29 is 19.4 Å². The first-order valence-electron chi connectivity index (χ1n) is 9.66. The molecule has 0 bridgehead atoms. The van der Waals surface area contributed by atoms with E-state index in [1.165, 1.54) is 0 Å². The summed E-state index contributed by atoms with van der Waals surface area (Å²) in [5.41, 5.74) is 4.37. The Labute approximate surface area is 165 Å². The topological polar surface area (TPSA) is 75.6 Å². The average molecular weight is 381 g/mol. The van der Waals surface area contributed by atoms with Crippen LogP contribution < -0.4 is 5.32 Å². The Morgan fingerprint density at radius 3 is 2.11 bits per heavy atom. The molecule has 5 heteroatoms. The van der Waals surface area contributed by atoms with Crippen LogP contribution in [0.5, 0.6) is 0 Å². The monoisotopic (exact) mass is 381 g/mol. The van der Waals surface area contributed by atoms with Crippen molar-refractivity contribution in [1.29, 1.82) is 0 Å². The van der Waals surface area contributed by atoms with Crippen LogP contribution in [0.3, 0.4) is 0 Å². The number of ether oxygens (including phenoxy) is 1. The van der Waals surface area contributed by atoms with Crippen LogP contribution in [-0.4, -0.2) is 29.8 Å². The Morgan fingerprint density at radius 1 is 1.07 bits per heavy atom. The van der Waals surface area contributed by atoms with Gasteiger partial charge in [0.1, 0.15) is 12.6 Å². The van der Waals surface area contributed by atoms with Crippen molar-refractivity contribution in [3.8, 4) is 11.1 Å². The highest BCUT2D eigenvalue weighted by molar-refractivity contribution is 5.81. The fourth-order valence-corrected chi connectivity index (χ4v) is 3.68. The number of carbonyl (C=O) groups excluding carboxylic acids is 1. The second-order valence-corrected chi connectivity index (χ2v) is 8.08. The normalized spacial score (nSPS) is 14.1. The molecule has 3 rings (SSSR count). The molecular formula is C23H27NO4. The van der Waals surface area contributed by atoms with Crippen LogP contribution >= 0.6 is 0 Å². The van der Waals surface area contributed by atoms with E-state index < -0.39 is 18.1 Å². The van der Waals surface area contributed by atoms with Crippen molar-refractivity contribution in [2.24, 2.45) is 5.41 Å². The molecule has 0 saturated heterocycles. The predicted octanol–water partition coefficient (Wildman–Crippen LogP) is 4.80.